The summed E-state index contributed by atoms with van der Waals surface area (Å²) in [7, 11) is 0. The van der Waals surface area contributed by atoms with Crippen molar-refractivity contribution in [2.24, 2.45) is 17.8 Å². The molecule has 0 N–H and O–H groups in total. The fourth-order valence-corrected chi connectivity index (χ4v) is 3.77. The molecule has 3 atom stereocenters. The molecular weight excluding hydrogens is 340 g/mol. The Bertz CT molecular complexity index is 541. The number of rotatable bonds is 15. The first-order valence-corrected chi connectivity index (χ1v) is 11.5. The maximum Gasteiger partial charge on any atom is 0.126 e. The molecule has 1 aromatic rings. The molecule has 0 fully saturated rings. The minimum atomic E-state index is -0.458. The van der Waals surface area contributed by atoms with E-state index in [-0.39, 0.29) is 0 Å². The van der Waals surface area contributed by atoms with Crippen LogP contribution in [-0.4, -0.2) is 5.60 Å². The largest absolute Gasteiger partial charge is 0.358 e. The predicted molar refractivity (Wildman–Crippen MR) is 123 cm³/mol. The molecule has 1 rings (SSSR count). The van der Waals surface area contributed by atoms with Gasteiger partial charge in [-0.3, -0.25) is 0 Å². The monoisotopic (exact) mass is 384 g/mol. The molecule has 0 aliphatic rings. The van der Waals surface area contributed by atoms with Gasteiger partial charge in [0.2, 0.25) is 0 Å². The van der Waals surface area contributed by atoms with E-state index in [1.807, 2.05) is 18.2 Å². The molecule has 158 valence electrons. The summed E-state index contributed by atoms with van der Waals surface area (Å²) in [6, 6.07) is 10.3. The van der Waals surface area contributed by atoms with Gasteiger partial charge in [0.1, 0.15) is 5.60 Å². The summed E-state index contributed by atoms with van der Waals surface area (Å²) in [5, 5.41) is 0. The van der Waals surface area contributed by atoms with Gasteiger partial charge in [-0.05, 0) is 43.1 Å². The lowest BCUT2D eigenvalue weighted by Crippen LogP contribution is -2.26. The van der Waals surface area contributed by atoms with Crippen LogP contribution in [0.5, 0.6) is 0 Å². The zero-order valence-corrected chi connectivity index (χ0v) is 19.2. The van der Waals surface area contributed by atoms with Gasteiger partial charge in [0.25, 0.3) is 0 Å². The number of terminal acetylenes is 1. The summed E-state index contributed by atoms with van der Waals surface area (Å²) < 4.78 is 6.08. The van der Waals surface area contributed by atoms with Crippen LogP contribution in [0.3, 0.4) is 0 Å². The van der Waals surface area contributed by atoms with Gasteiger partial charge in [0.05, 0.1) is 6.61 Å². The van der Waals surface area contributed by atoms with Gasteiger partial charge in [-0.1, -0.05) is 109 Å². The Morgan fingerprint density at radius 1 is 0.857 bits per heavy atom. The first-order chi connectivity index (χ1) is 13.3. The maximum absolute atomic E-state index is 6.08. The van der Waals surface area contributed by atoms with E-state index in [0.29, 0.717) is 6.61 Å². The second-order valence-electron chi connectivity index (χ2n) is 9.51. The summed E-state index contributed by atoms with van der Waals surface area (Å²) in [4.78, 5) is 0. The third kappa shape index (κ3) is 11.6. The van der Waals surface area contributed by atoms with Crippen molar-refractivity contribution in [3.05, 3.63) is 35.9 Å². The van der Waals surface area contributed by atoms with E-state index < -0.39 is 5.60 Å². The highest BCUT2D eigenvalue weighted by Gasteiger charge is 2.22. The molecule has 0 unspecified atom stereocenters. The van der Waals surface area contributed by atoms with Crippen molar-refractivity contribution < 1.29 is 4.74 Å². The summed E-state index contributed by atoms with van der Waals surface area (Å²) in [6.45, 7) is 12.1. The van der Waals surface area contributed by atoms with Crippen LogP contribution >= 0.6 is 0 Å². The molecule has 0 aromatic heterocycles. The Morgan fingerprint density at radius 3 is 1.93 bits per heavy atom. The van der Waals surface area contributed by atoms with Gasteiger partial charge in [-0.25, -0.2) is 0 Å². The van der Waals surface area contributed by atoms with Crippen LogP contribution in [0.15, 0.2) is 30.3 Å². The zero-order valence-electron chi connectivity index (χ0n) is 19.2. The number of benzene rings is 1. The van der Waals surface area contributed by atoms with Crippen LogP contribution < -0.4 is 0 Å². The van der Waals surface area contributed by atoms with Gasteiger partial charge in [0.15, 0.2) is 0 Å². The molecule has 1 heteroatoms. The minimum absolute atomic E-state index is 0.458. The van der Waals surface area contributed by atoms with E-state index in [4.69, 9.17) is 11.2 Å². The molecule has 1 aromatic carbocycles. The summed E-state index contributed by atoms with van der Waals surface area (Å²) in [5.74, 6) is 5.38. The minimum Gasteiger partial charge on any atom is -0.358 e. The smallest absolute Gasteiger partial charge is 0.126 e. The van der Waals surface area contributed by atoms with E-state index in [9.17, 15) is 0 Å². The second kappa shape index (κ2) is 13.8. The SMILES string of the molecule is C#C[C@@](C)(CCC[C@@H](C)CCC[C@H](C)CCCC(C)C)OCc1ccccc1. The first kappa shape index (κ1) is 24.8. The Balaban J connectivity index is 2.17. The number of hydrogen-bond donors (Lipinski definition) is 0. The average molecular weight is 385 g/mol. The molecular formula is C27H44O. The molecule has 0 bridgehead atoms. The molecule has 28 heavy (non-hydrogen) atoms. The van der Waals surface area contributed by atoms with E-state index >= 15 is 0 Å². The fourth-order valence-electron chi connectivity index (χ4n) is 3.77. The molecule has 0 saturated heterocycles. The molecule has 0 amide bonds. The Hall–Kier alpha value is -1.26. The van der Waals surface area contributed by atoms with Gasteiger partial charge < -0.3 is 4.74 Å². The molecule has 0 heterocycles. The topological polar surface area (TPSA) is 9.23 Å². The van der Waals surface area contributed by atoms with Crippen molar-refractivity contribution in [2.45, 2.75) is 105 Å². The molecule has 0 spiro atoms. The zero-order chi connectivity index (χ0) is 20.8. The van der Waals surface area contributed by atoms with Crippen LogP contribution in [0.1, 0.15) is 98.0 Å². The summed E-state index contributed by atoms with van der Waals surface area (Å²) >= 11 is 0. The first-order valence-electron chi connectivity index (χ1n) is 11.5. The lowest BCUT2D eigenvalue weighted by molar-refractivity contribution is -0.00719. The fraction of sp³-hybridized carbons (Fsp3) is 0.704. The number of hydrogen-bond acceptors (Lipinski definition) is 1. The van der Waals surface area contributed by atoms with Gasteiger partial charge in [-0.2, -0.15) is 0 Å². The lowest BCUT2D eigenvalue weighted by atomic mass is 9.90. The van der Waals surface area contributed by atoms with E-state index in [1.165, 1.54) is 50.5 Å². The van der Waals surface area contributed by atoms with Crippen molar-refractivity contribution in [1.82, 2.24) is 0 Å². The maximum atomic E-state index is 6.08. The van der Waals surface area contributed by atoms with Gasteiger partial charge >= 0.3 is 0 Å². The van der Waals surface area contributed by atoms with Crippen LogP contribution in [0.25, 0.3) is 0 Å². The molecule has 0 aliphatic heterocycles. The van der Waals surface area contributed by atoms with Crippen molar-refractivity contribution in [3.63, 3.8) is 0 Å². The second-order valence-corrected chi connectivity index (χ2v) is 9.51. The van der Waals surface area contributed by atoms with Crippen molar-refractivity contribution in [2.75, 3.05) is 0 Å². The number of ether oxygens (including phenoxy) is 1. The summed E-state index contributed by atoms with van der Waals surface area (Å²) in [6.07, 6.45) is 17.3. The third-order valence-electron chi connectivity index (χ3n) is 5.93. The predicted octanol–water partition coefficient (Wildman–Crippen LogP) is 8.03. The Kier molecular flexibility index (Phi) is 12.2. The van der Waals surface area contributed by atoms with Crippen LogP contribution in [-0.2, 0) is 11.3 Å². The van der Waals surface area contributed by atoms with Crippen LogP contribution in [0, 0.1) is 30.1 Å². The highest BCUT2D eigenvalue weighted by molar-refractivity contribution is 5.14. The molecule has 1 nitrogen and oxygen atoms in total. The Morgan fingerprint density at radius 2 is 1.39 bits per heavy atom. The quantitative estimate of drug-likeness (QED) is 0.278. The van der Waals surface area contributed by atoms with Crippen LogP contribution in [0.4, 0.5) is 0 Å². The highest BCUT2D eigenvalue weighted by atomic mass is 16.5. The van der Waals surface area contributed by atoms with Gasteiger partial charge in [-0.15, -0.1) is 6.42 Å². The average Bonchev–Trinajstić information content (AvgIpc) is 2.67. The van der Waals surface area contributed by atoms with E-state index in [0.717, 1.165) is 30.6 Å². The highest BCUT2D eigenvalue weighted by Crippen LogP contribution is 2.25. The van der Waals surface area contributed by atoms with Crippen molar-refractivity contribution >= 4 is 0 Å². The van der Waals surface area contributed by atoms with Gasteiger partial charge in [0, 0.05) is 0 Å². The molecule has 0 aliphatic carbocycles. The van der Waals surface area contributed by atoms with Crippen molar-refractivity contribution in [1.29, 1.82) is 0 Å². The molecule has 0 saturated carbocycles. The normalized spacial score (nSPS) is 15.8. The van der Waals surface area contributed by atoms with E-state index in [1.54, 1.807) is 0 Å². The molecule has 0 radical (unpaired) electrons. The van der Waals surface area contributed by atoms with Crippen molar-refractivity contribution in [3.8, 4) is 12.3 Å². The summed E-state index contributed by atoms with van der Waals surface area (Å²) in [5.41, 5.74) is 0.723. The van der Waals surface area contributed by atoms with Crippen LogP contribution in [0.2, 0.25) is 0 Å². The Labute approximate surface area is 175 Å². The standard InChI is InChI=1S/C27H44O/c1-7-27(6,28-22-26-19-9-8-10-20-26)21-13-18-25(5)17-12-16-24(4)15-11-14-23(2)3/h1,8-10,19-20,23-25H,11-18,21-22H2,2-6H3/t24-,25+,27+/m1/s1. The lowest BCUT2D eigenvalue weighted by Gasteiger charge is -2.25. The third-order valence-corrected chi connectivity index (χ3v) is 5.93. The van der Waals surface area contributed by atoms with E-state index in [2.05, 4.69) is 52.7 Å².